The molecule has 13 N–H and O–H groups in total. The molecule has 0 spiro atoms. The van der Waals surface area contributed by atoms with Crippen molar-refractivity contribution in [3.63, 3.8) is 0 Å². The average molecular weight is 492 g/mol. The van der Waals surface area contributed by atoms with E-state index in [-0.39, 0.29) is 13.2 Å². The van der Waals surface area contributed by atoms with Crippen molar-refractivity contribution in [2.75, 3.05) is 13.2 Å². The number of rotatable bonds is 6. The quantitative estimate of drug-likeness (QED) is 0.169. The van der Waals surface area contributed by atoms with Crippen molar-refractivity contribution < 1.29 is 44.2 Å². The van der Waals surface area contributed by atoms with E-state index >= 15 is 0 Å². The summed E-state index contributed by atoms with van der Waals surface area (Å²) in [5.41, 5.74) is 22.3. The minimum atomic E-state index is -1.59. The predicted molar refractivity (Wildman–Crippen MR) is 116 cm³/mol. The first-order valence-corrected chi connectivity index (χ1v) is 11.2. The van der Waals surface area contributed by atoms with Gasteiger partial charge in [0.1, 0.15) is 35.8 Å². The molecule has 0 aromatic rings. The molecule has 0 bridgehead atoms. The van der Waals surface area contributed by atoms with E-state index < -0.39 is 78.8 Å². The van der Waals surface area contributed by atoms with Gasteiger partial charge in [-0.15, -0.1) is 0 Å². The number of hydrogen-bond acceptors (Lipinski definition) is 13. The summed E-state index contributed by atoms with van der Waals surface area (Å²) in [6.45, 7) is 2.45. The summed E-state index contributed by atoms with van der Waals surface area (Å²) in [6, 6.07) is -4.00. The van der Waals surface area contributed by atoms with Gasteiger partial charge in [-0.2, -0.15) is 0 Å². The Morgan fingerprint density at radius 2 is 1.71 bits per heavy atom. The van der Waals surface area contributed by atoms with E-state index in [1.165, 1.54) is 13.8 Å². The van der Waals surface area contributed by atoms with Gasteiger partial charge < -0.3 is 67.6 Å². The van der Waals surface area contributed by atoms with Crippen LogP contribution in [-0.4, -0.2) is 112 Å². The highest BCUT2D eigenvalue weighted by Gasteiger charge is 2.53. The number of aliphatic hydroxyl groups is 4. The largest absolute Gasteiger partial charge is 0.467 e. The molecule has 0 aromatic heterocycles. The number of aliphatic hydroxyl groups excluding tert-OH is 3. The second kappa shape index (κ2) is 10.7. The smallest absolute Gasteiger partial charge is 0.217 e. The molecule has 14 nitrogen and oxygen atoms in total. The third-order valence-electron chi connectivity index (χ3n) is 6.43. The molecule has 1 saturated heterocycles. The molecule has 12 atom stereocenters. The van der Waals surface area contributed by atoms with Gasteiger partial charge in [0, 0.05) is 6.92 Å². The van der Waals surface area contributed by atoms with Gasteiger partial charge in [0.15, 0.2) is 6.29 Å². The van der Waals surface area contributed by atoms with Crippen molar-refractivity contribution in [2.24, 2.45) is 22.9 Å². The maximum Gasteiger partial charge on any atom is 0.217 e. The molecule has 1 amide bonds. The monoisotopic (exact) mass is 491 g/mol. The van der Waals surface area contributed by atoms with Crippen LogP contribution in [0, 0.1) is 0 Å². The average Bonchev–Trinajstić information content (AvgIpc) is 2.78. The van der Waals surface area contributed by atoms with Gasteiger partial charge in [-0.05, 0) is 19.4 Å². The van der Waals surface area contributed by atoms with Crippen molar-refractivity contribution in [2.45, 2.75) is 93.1 Å². The number of hydrogen-bond donors (Lipinski definition) is 9. The lowest BCUT2D eigenvalue weighted by Crippen LogP contribution is -2.73. The van der Waals surface area contributed by atoms with Crippen LogP contribution < -0.4 is 28.3 Å². The van der Waals surface area contributed by atoms with Crippen molar-refractivity contribution >= 4 is 5.91 Å². The summed E-state index contributed by atoms with van der Waals surface area (Å²) in [5, 5.41) is 45.4. The molecule has 0 radical (unpaired) electrons. The number of carbonyl (C=O) groups excluding carboxylic acids is 1. The topological polar surface area (TPSA) is 251 Å². The zero-order valence-electron chi connectivity index (χ0n) is 19.2. The third-order valence-corrected chi connectivity index (χ3v) is 6.43. The molecule has 34 heavy (non-hydrogen) atoms. The van der Waals surface area contributed by atoms with Crippen LogP contribution in [0.3, 0.4) is 0 Å². The molecule has 0 aromatic carbocycles. The Kier molecular flexibility index (Phi) is 8.53. The number of carbonyl (C=O) groups is 1. The van der Waals surface area contributed by atoms with Crippen molar-refractivity contribution in [3.8, 4) is 0 Å². The van der Waals surface area contributed by atoms with Gasteiger partial charge in [0.25, 0.3) is 0 Å². The molecule has 2 aliphatic heterocycles. The van der Waals surface area contributed by atoms with Crippen LogP contribution in [0.5, 0.6) is 0 Å². The molecule has 1 saturated carbocycles. The molecule has 3 rings (SSSR count). The summed E-state index contributed by atoms with van der Waals surface area (Å²) in [7, 11) is 0. The molecule has 2 heterocycles. The Balaban J connectivity index is 1.76. The lowest BCUT2D eigenvalue weighted by molar-refractivity contribution is -0.308. The number of nitrogens with two attached hydrogens (primary N) is 4. The van der Waals surface area contributed by atoms with Crippen molar-refractivity contribution in [3.05, 3.63) is 11.8 Å². The van der Waals surface area contributed by atoms with Crippen molar-refractivity contribution in [1.82, 2.24) is 5.32 Å². The molecular weight excluding hydrogens is 454 g/mol. The maximum atomic E-state index is 11.6. The fourth-order valence-electron chi connectivity index (χ4n) is 4.41. The van der Waals surface area contributed by atoms with Crippen LogP contribution in [0.2, 0.25) is 0 Å². The van der Waals surface area contributed by atoms with Crippen molar-refractivity contribution in [1.29, 1.82) is 0 Å². The Bertz CT molecular complexity index is 756. The zero-order chi connectivity index (χ0) is 25.4. The van der Waals surface area contributed by atoms with E-state index in [1.807, 2.05) is 0 Å². The van der Waals surface area contributed by atoms with Crippen LogP contribution in [-0.2, 0) is 23.7 Å². The molecule has 1 aliphatic carbocycles. The Hall–Kier alpha value is -1.43. The Morgan fingerprint density at radius 1 is 1.12 bits per heavy atom. The molecular formula is C20H37N5O9. The summed E-state index contributed by atoms with van der Waals surface area (Å²) in [5.74, 6) is -0.0191. The van der Waals surface area contributed by atoms with Gasteiger partial charge in [0.05, 0.1) is 43.4 Å². The molecule has 3 aliphatic rings. The first-order valence-electron chi connectivity index (χ1n) is 11.2. The standard InChI is InChI=1S/C20H37N5O9/c1-7(26)25-17-14(29)19(31-6-20(17,2)30)34-16-11(24)12(27)10(23)15(13(16)28)33-18-9(22)4-3-8(5-21)32-18/h3,9-19,27-30H,4-6,21-24H2,1-2H3,(H,25,26)/t9-,10-,11+,12-,13-,14-,15+,16-,17+,18+,19-,20+/m0/s1. The van der Waals surface area contributed by atoms with Crippen LogP contribution in [0.25, 0.3) is 0 Å². The van der Waals surface area contributed by atoms with Crippen LogP contribution in [0.1, 0.15) is 20.3 Å². The van der Waals surface area contributed by atoms with Gasteiger partial charge in [-0.25, -0.2) is 0 Å². The Labute approximate surface area is 197 Å². The van der Waals surface area contributed by atoms with E-state index in [1.54, 1.807) is 6.08 Å². The van der Waals surface area contributed by atoms with Gasteiger partial charge >= 0.3 is 0 Å². The highest BCUT2D eigenvalue weighted by Crippen LogP contribution is 2.31. The van der Waals surface area contributed by atoms with Gasteiger partial charge in [-0.3, -0.25) is 4.79 Å². The second-order valence-electron chi connectivity index (χ2n) is 9.30. The number of nitrogens with one attached hydrogen (secondary N) is 1. The number of ether oxygens (including phenoxy) is 4. The van der Waals surface area contributed by atoms with E-state index in [2.05, 4.69) is 5.32 Å². The third kappa shape index (κ3) is 5.52. The normalized spacial score (nSPS) is 47.5. The van der Waals surface area contributed by atoms with Crippen LogP contribution >= 0.6 is 0 Å². The lowest BCUT2D eigenvalue weighted by Gasteiger charge is -2.49. The summed E-state index contributed by atoms with van der Waals surface area (Å²) < 4.78 is 22.7. The van der Waals surface area contributed by atoms with Gasteiger partial charge in [0.2, 0.25) is 12.2 Å². The van der Waals surface area contributed by atoms with E-state index in [0.717, 1.165) is 0 Å². The molecule has 196 valence electrons. The fraction of sp³-hybridized carbons (Fsp3) is 0.850. The fourth-order valence-corrected chi connectivity index (χ4v) is 4.41. The summed E-state index contributed by atoms with van der Waals surface area (Å²) in [4.78, 5) is 11.6. The molecule has 2 fully saturated rings. The van der Waals surface area contributed by atoms with E-state index in [4.69, 9.17) is 41.9 Å². The number of amides is 1. The molecule has 14 heteroatoms. The summed E-state index contributed by atoms with van der Waals surface area (Å²) in [6.07, 6.45) is -7.10. The zero-order valence-corrected chi connectivity index (χ0v) is 19.2. The highest BCUT2D eigenvalue weighted by atomic mass is 16.7. The van der Waals surface area contributed by atoms with Gasteiger partial charge in [-0.1, -0.05) is 0 Å². The predicted octanol–water partition coefficient (Wildman–Crippen LogP) is -4.96. The minimum absolute atomic E-state index is 0.126. The SMILES string of the molecule is CC(=O)N[C@@H]1[C@H](O)[C@H](O[C@H]2[C@H](N)[C@@H](O)[C@H](N)[C@@H](O[C@H]3OC(CN)=CC[C@@H]3N)[C@@H]2O)OC[C@@]1(C)O. The molecule has 0 unspecified atom stereocenters. The second-order valence-corrected chi connectivity index (χ2v) is 9.30. The van der Waals surface area contributed by atoms with Crippen LogP contribution in [0.4, 0.5) is 0 Å². The highest BCUT2D eigenvalue weighted by molar-refractivity contribution is 5.73. The Morgan fingerprint density at radius 3 is 2.26 bits per heavy atom. The first-order chi connectivity index (χ1) is 15.9. The van der Waals surface area contributed by atoms with E-state index in [0.29, 0.717) is 12.2 Å². The first kappa shape index (κ1) is 27.2. The maximum absolute atomic E-state index is 11.6. The van der Waals surface area contributed by atoms with Crippen LogP contribution in [0.15, 0.2) is 11.8 Å². The lowest BCUT2D eigenvalue weighted by atomic mass is 9.81. The summed E-state index contributed by atoms with van der Waals surface area (Å²) >= 11 is 0. The minimum Gasteiger partial charge on any atom is -0.467 e. The van der Waals surface area contributed by atoms with E-state index in [9.17, 15) is 25.2 Å².